The molecule has 0 N–H and O–H groups in total. The molecule has 0 saturated heterocycles. The van der Waals surface area contributed by atoms with Crippen molar-refractivity contribution in [1.82, 2.24) is 0 Å². The predicted molar refractivity (Wildman–Crippen MR) is 100 cm³/mol. The molecule has 0 bridgehead atoms. The molecule has 0 saturated carbocycles. The quantitative estimate of drug-likeness (QED) is 0.725. The van der Waals surface area contributed by atoms with E-state index in [1.807, 2.05) is 6.07 Å². The third-order valence-corrected chi connectivity index (χ3v) is 5.32. The van der Waals surface area contributed by atoms with Gasteiger partial charge in [-0.25, -0.2) is 0 Å². The summed E-state index contributed by atoms with van der Waals surface area (Å²) in [6.45, 7) is 6.20. The van der Waals surface area contributed by atoms with Gasteiger partial charge < -0.3 is 14.2 Å². The molecule has 1 heterocycles. The van der Waals surface area contributed by atoms with Crippen molar-refractivity contribution in [2.24, 2.45) is 11.8 Å². The second-order valence-electron chi connectivity index (χ2n) is 7.15. The van der Waals surface area contributed by atoms with Crippen LogP contribution in [0.25, 0.3) is 0 Å². The first kappa shape index (κ1) is 17.8. The van der Waals surface area contributed by atoms with Crippen molar-refractivity contribution in [2.75, 3.05) is 14.2 Å². The van der Waals surface area contributed by atoms with Crippen molar-refractivity contribution in [2.45, 2.75) is 39.9 Å². The van der Waals surface area contributed by atoms with Crippen molar-refractivity contribution in [1.29, 1.82) is 0 Å². The largest absolute Gasteiger partial charge is 0.493 e. The van der Waals surface area contributed by atoms with Crippen molar-refractivity contribution >= 4 is 0 Å². The summed E-state index contributed by atoms with van der Waals surface area (Å²) in [4.78, 5) is 0. The van der Waals surface area contributed by atoms with Gasteiger partial charge in [0, 0.05) is 0 Å². The SMILES string of the molecule is COc1ccc(C[C@@H](C)[C@H](C)Cc2ccc3c(c2)COC3)cc1OC. The number of hydrogen-bond donors (Lipinski definition) is 0. The van der Waals surface area contributed by atoms with E-state index >= 15 is 0 Å². The van der Waals surface area contributed by atoms with Gasteiger partial charge in [-0.15, -0.1) is 0 Å². The lowest BCUT2D eigenvalue weighted by molar-refractivity contribution is 0.134. The van der Waals surface area contributed by atoms with Gasteiger partial charge in [0.05, 0.1) is 27.4 Å². The van der Waals surface area contributed by atoms with Gasteiger partial charge >= 0.3 is 0 Å². The molecule has 3 heteroatoms. The summed E-state index contributed by atoms with van der Waals surface area (Å²) in [6.07, 6.45) is 2.14. The molecule has 2 aromatic rings. The average molecular weight is 340 g/mol. The summed E-state index contributed by atoms with van der Waals surface area (Å²) in [7, 11) is 3.36. The molecule has 1 aliphatic rings. The Bertz CT molecular complexity index is 723. The minimum Gasteiger partial charge on any atom is -0.493 e. The highest BCUT2D eigenvalue weighted by atomic mass is 16.5. The first-order chi connectivity index (χ1) is 12.1. The number of rotatable bonds is 7. The molecule has 25 heavy (non-hydrogen) atoms. The van der Waals surface area contributed by atoms with Gasteiger partial charge in [0.25, 0.3) is 0 Å². The lowest BCUT2D eigenvalue weighted by Crippen LogP contribution is -2.14. The van der Waals surface area contributed by atoms with Crippen LogP contribution >= 0.6 is 0 Å². The molecule has 2 aromatic carbocycles. The van der Waals surface area contributed by atoms with Crippen LogP contribution < -0.4 is 9.47 Å². The fraction of sp³-hybridized carbons (Fsp3) is 0.455. The summed E-state index contributed by atoms with van der Waals surface area (Å²) in [5.41, 5.74) is 5.40. The van der Waals surface area contributed by atoms with E-state index in [2.05, 4.69) is 44.2 Å². The predicted octanol–water partition coefficient (Wildman–Crippen LogP) is 4.79. The highest BCUT2D eigenvalue weighted by Gasteiger charge is 2.17. The molecule has 0 radical (unpaired) electrons. The smallest absolute Gasteiger partial charge is 0.160 e. The van der Waals surface area contributed by atoms with Crippen LogP contribution in [0.3, 0.4) is 0 Å². The maximum atomic E-state index is 5.52. The molecule has 0 aliphatic carbocycles. The molecule has 2 atom stereocenters. The number of fused-ring (bicyclic) bond motifs is 1. The van der Waals surface area contributed by atoms with Gasteiger partial charge in [0.1, 0.15) is 0 Å². The van der Waals surface area contributed by atoms with Crippen LogP contribution in [0.5, 0.6) is 11.5 Å². The highest BCUT2D eigenvalue weighted by Crippen LogP contribution is 2.30. The fourth-order valence-corrected chi connectivity index (χ4v) is 3.51. The zero-order valence-corrected chi connectivity index (χ0v) is 15.7. The maximum Gasteiger partial charge on any atom is 0.160 e. The standard InChI is InChI=1S/C22H28O3/c1-15(9-17-5-7-19-13-25-14-20(19)11-17)16(2)10-18-6-8-21(23-3)22(12-18)24-4/h5-8,11-12,15-16H,9-10,13-14H2,1-4H3/t15-,16-/m1/s1. The maximum absolute atomic E-state index is 5.52. The first-order valence-electron chi connectivity index (χ1n) is 9.00. The Balaban J connectivity index is 1.63. The van der Waals surface area contributed by atoms with Gasteiger partial charge in [-0.05, 0) is 59.1 Å². The van der Waals surface area contributed by atoms with Crippen LogP contribution in [0.4, 0.5) is 0 Å². The van der Waals surface area contributed by atoms with Crippen molar-refractivity contribution in [3.63, 3.8) is 0 Å². The Labute approximate surface area is 150 Å². The third-order valence-electron chi connectivity index (χ3n) is 5.32. The zero-order valence-electron chi connectivity index (χ0n) is 15.7. The van der Waals surface area contributed by atoms with Crippen molar-refractivity contribution in [3.8, 4) is 11.5 Å². The monoisotopic (exact) mass is 340 g/mol. The fourth-order valence-electron chi connectivity index (χ4n) is 3.51. The summed E-state index contributed by atoms with van der Waals surface area (Å²) < 4.78 is 16.3. The second kappa shape index (κ2) is 7.92. The van der Waals surface area contributed by atoms with Crippen molar-refractivity contribution in [3.05, 3.63) is 58.7 Å². The van der Waals surface area contributed by atoms with Crippen LogP contribution in [0.1, 0.15) is 36.1 Å². The van der Waals surface area contributed by atoms with Crippen LogP contribution in [0, 0.1) is 11.8 Å². The zero-order chi connectivity index (χ0) is 17.8. The Hall–Kier alpha value is -2.00. The second-order valence-corrected chi connectivity index (χ2v) is 7.15. The van der Waals surface area contributed by atoms with E-state index in [0.29, 0.717) is 11.8 Å². The van der Waals surface area contributed by atoms with E-state index in [1.54, 1.807) is 14.2 Å². The van der Waals surface area contributed by atoms with E-state index < -0.39 is 0 Å². The van der Waals surface area contributed by atoms with E-state index in [0.717, 1.165) is 37.6 Å². The normalized spacial score (nSPS) is 15.5. The van der Waals surface area contributed by atoms with E-state index in [4.69, 9.17) is 14.2 Å². The van der Waals surface area contributed by atoms with Gasteiger partial charge in [0.15, 0.2) is 11.5 Å². The number of methoxy groups -OCH3 is 2. The first-order valence-corrected chi connectivity index (χ1v) is 9.00. The van der Waals surface area contributed by atoms with Gasteiger partial charge in [-0.3, -0.25) is 0 Å². The Morgan fingerprint density at radius 3 is 2.08 bits per heavy atom. The molecule has 0 unspecified atom stereocenters. The minimum atomic E-state index is 0.586. The summed E-state index contributed by atoms with van der Waals surface area (Å²) in [5, 5.41) is 0. The molecule has 0 aromatic heterocycles. The summed E-state index contributed by atoms with van der Waals surface area (Å²) in [6, 6.07) is 13.0. The Morgan fingerprint density at radius 1 is 0.800 bits per heavy atom. The lowest BCUT2D eigenvalue weighted by atomic mass is 9.85. The van der Waals surface area contributed by atoms with Crippen LogP contribution in [-0.2, 0) is 30.8 Å². The van der Waals surface area contributed by atoms with Gasteiger partial charge in [-0.2, -0.15) is 0 Å². The van der Waals surface area contributed by atoms with E-state index in [-0.39, 0.29) is 0 Å². The van der Waals surface area contributed by atoms with Crippen LogP contribution in [-0.4, -0.2) is 14.2 Å². The molecule has 1 aliphatic heterocycles. The lowest BCUT2D eigenvalue weighted by Gasteiger charge is -2.21. The Kier molecular flexibility index (Phi) is 5.64. The van der Waals surface area contributed by atoms with E-state index in [1.165, 1.54) is 22.3 Å². The Morgan fingerprint density at radius 2 is 1.40 bits per heavy atom. The number of benzene rings is 2. The van der Waals surface area contributed by atoms with E-state index in [9.17, 15) is 0 Å². The van der Waals surface area contributed by atoms with Crippen molar-refractivity contribution < 1.29 is 14.2 Å². The molecule has 3 rings (SSSR count). The minimum absolute atomic E-state index is 0.586. The molecule has 0 fully saturated rings. The topological polar surface area (TPSA) is 27.7 Å². The van der Waals surface area contributed by atoms with Crippen LogP contribution in [0.2, 0.25) is 0 Å². The third kappa shape index (κ3) is 4.16. The number of hydrogen-bond acceptors (Lipinski definition) is 3. The van der Waals surface area contributed by atoms with Gasteiger partial charge in [-0.1, -0.05) is 38.1 Å². The average Bonchev–Trinajstić information content (AvgIpc) is 3.09. The number of ether oxygens (including phenoxy) is 3. The molecular formula is C22H28O3. The molecule has 134 valence electrons. The summed E-state index contributed by atoms with van der Waals surface area (Å²) in [5.74, 6) is 2.78. The molecule has 0 amide bonds. The molecule has 0 spiro atoms. The highest BCUT2D eigenvalue weighted by molar-refractivity contribution is 5.43. The van der Waals surface area contributed by atoms with Crippen LogP contribution in [0.15, 0.2) is 36.4 Å². The van der Waals surface area contributed by atoms with Gasteiger partial charge in [0.2, 0.25) is 0 Å². The molecular weight excluding hydrogens is 312 g/mol. The molecule has 3 nitrogen and oxygen atoms in total. The summed E-state index contributed by atoms with van der Waals surface area (Å²) >= 11 is 0.